The number of fused-ring (bicyclic) bond motifs is 1. The molecule has 27 heavy (non-hydrogen) atoms. The van der Waals surface area contributed by atoms with E-state index in [1.807, 2.05) is 43.3 Å². The van der Waals surface area contributed by atoms with Crippen molar-refractivity contribution in [3.8, 4) is 5.75 Å². The van der Waals surface area contributed by atoms with Crippen molar-refractivity contribution in [1.29, 1.82) is 0 Å². The highest BCUT2D eigenvalue weighted by Gasteiger charge is 2.10. The van der Waals surface area contributed by atoms with Crippen molar-refractivity contribution in [2.75, 3.05) is 5.32 Å². The summed E-state index contributed by atoms with van der Waals surface area (Å²) in [6.45, 7) is 2.35. The maximum absolute atomic E-state index is 14.2. The van der Waals surface area contributed by atoms with Crippen LogP contribution in [0.4, 0.5) is 15.9 Å². The molecule has 0 saturated heterocycles. The van der Waals surface area contributed by atoms with Crippen LogP contribution in [0.5, 0.6) is 5.75 Å². The Morgan fingerprint density at radius 3 is 2.74 bits per heavy atom. The second kappa shape index (κ2) is 7.37. The van der Waals surface area contributed by atoms with Gasteiger partial charge in [0.15, 0.2) is 0 Å². The van der Waals surface area contributed by atoms with Gasteiger partial charge in [-0.3, -0.25) is 4.98 Å². The molecule has 0 aliphatic rings. The number of anilines is 2. The smallest absolute Gasteiger partial charge is 0.144 e. The van der Waals surface area contributed by atoms with Gasteiger partial charge in [-0.2, -0.15) is 0 Å². The van der Waals surface area contributed by atoms with Crippen LogP contribution in [0.3, 0.4) is 0 Å². The predicted octanol–water partition coefficient (Wildman–Crippen LogP) is 4.79. The Morgan fingerprint density at radius 2 is 1.93 bits per heavy atom. The van der Waals surface area contributed by atoms with Gasteiger partial charge in [0.25, 0.3) is 0 Å². The lowest BCUT2D eigenvalue weighted by Crippen LogP contribution is -2.00. The molecule has 2 heterocycles. The van der Waals surface area contributed by atoms with Crippen LogP contribution in [0.25, 0.3) is 10.9 Å². The fraction of sp³-hybridized carbons (Fsp3) is 0.0952. The largest absolute Gasteiger partial charge is 0.487 e. The van der Waals surface area contributed by atoms with Crippen molar-refractivity contribution in [1.82, 2.24) is 15.0 Å². The average Bonchev–Trinajstić information content (AvgIpc) is 2.68. The molecule has 0 spiro atoms. The molecule has 0 saturated carbocycles. The Kier molecular flexibility index (Phi) is 4.61. The second-order valence-electron chi connectivity index (χ2n) is 6.07. The van der Waals surface area contributed by atoms with Crippen LogP contribution in [-0.4, -0.2) is 15.0 Å². The van der Waals surface area contributed by atoms with Crippen LogP contribution in [0.15, 0.2) is 67.1 Å². The number of aryl methyl sites for hydroxylation is 1. The van der Waals surface area contributed by atoms with Gasteiger partial charge < -0.3 is 10.1 Å². The summed E-state index contributed by atoms with van der Waals surface area (Å²) in [6, 6.07) is 16.2. The van der Waals surface area contributed by atoms with Crippen molar-refractivity contribution in [3.63, 3.8) is 0 Å². The molecule has 0 amide bonds. The Balaban J connectivity index is 1.55. The Labute approximate surface area is 155 Å². The van der Waals surface area contributed by atoms with Crippen LogP contribution in [0.1, 0.15) is 11.3 Å². The Morgan fingerprint density at radius 1 is 1.00 bits per heavy atom. The van der Waals surface area contributed by atoms with Crippen molar-refractivity contribution in [3.05, 3.63) is 84.2 Å². The number of halogens is 1. The molecule has 1 N–H and O–H groups in total. The molecule has 4 aromatic rings. The van der Waals surface area contributed by atoms with Gasteiger partial charge in [0.2, 0.25) is 0 Å². The summed E-state index contributed by atoms with van der Waals surface area (Å²) in [6.07, 6.45) is 3.16. The number of benzene rings is 2. The van der Waals surface area contributed by atoms with E-state index in [1.54, 1.807) is 18.3 Å². The summed E-state index contributed by atoms with van der Waals surface area (Å²) >= 11 is 0. The second-order valence-corrected chi connectivity index (χ2v) is 6.07. The highest BCUT2D eigenvalue weighted by Crippen LogP contribution is 2.28. The van der Waals surface area contributed by atoms with E-state index in [0.717, 1.165) is 22.7 Å². The number of nitrogens with one attached hydrogen (secondary N) is 1. The van der Waals surface area contributed by atoms with Gasteiger partial charge in [0.05, 0.1) is 16.6 Å². The van der Waals surface area contributed by atoms with E-state index < -0.39 is 0 Å². The minimum absolute atomic E-state index is 0.359. The first-order chi connectivity index (χ1) is 13.2. The standard InChI is InChI=1S/C21H17FN4O/c1-14-11-15(8-9-19(14)27-12-16-5-2-3-10-23-16)26-21-20-17(22)6-4-7-18(20)24-13-25-21/h2-11,13H,12H2,1H3,(H,24,25,26). The summed E-state index contributed by atoms with van der Waals surface area (Å²) in [5, 5.41) is 3.54. The molecule has 0 aliphatic carbocycles. The van der Waals surface area contributed by atoms with Crippen LogP contribution in [0.2, 0.25) is 0 Å². The van der Waals surface area contributed by atoms with E-state index >= 15 is 0 Å². The molecule has 0 bridgehead atoms. The van der Waals surface area contributed by atoms with Crippen molar-refractivity contribution >= 4 is 22.4 Å². The Hall–Kier alpha value is -3.54. The minimum Gasteiger partial charge on any atom is -0.487 e. The molecule has 0 radical (unpaired) electrons. The number of pyridine rings is 1. The molecule has 0 fully saturated rings. The summed E-state index contributed by atoms with van der Waals surface area (Å²) in [4.78, 5) is 12.5. The lowest BCUT2D eigenvalue weighted by atomic mass is 10.2. The minimum atomic E-state index is -0.359. The fourth-order valence-corrected chi connectivity index (χ4v) is 2.82. The maximum Gasteiger partial charge on any atom is 0.144 e. The number of hydrogen-bond donors (Lipinski definition) is 1. The molecule has 2 aromatic heterocycles. The molecule has 5 nitrogen and oxygen atoms in total. The maximum atomic E-state index is 14.2. The first kappa shape index (κ1) is 16.9. The number of hydrogen-bond acceptors (Lipinski definition) is 5. The quantitative estimate of drug-likeness (QED) is 0.554. The molecule has 4 rings (SSSR count). The van der Waals surface area contributed by atoms with Gasteiger partial charge in [-0.25, -0.2) is 14.4 Å². The predicted molar refractivity (Wildman–Crippen MR) is 103 cm³/mol. The first-order valence-electron chi connectivity index (χ1n) is 8.50. The Bertz CT molecular complexity index is 1080. The van der Waals surface area contributed by atoms with Crippen LogP contribution < -0.4 is 10.1 Å². The zero-order valence-electron chi connectivity index (χ0n) is 14.7. The third-order valence-electron chi connectivity index (χ3n) is 4.15. The number of nitrogens with zero attached hydrogens (tertiary/aromatic N) is 3. The lowest BCUT2D eigenvalue weighted by Gasteiger charge is -2.12. The lowest BCUT2D eigenvalue weighted by molar-refractivity contribution is 0.299. The van der Waals surface area contributed by atoms with E-state index in [2.05, 4.69) is 20.3 Å². The van der Waals surface area contributed by atoms with Crippen molar-refractivity contribution in [2.24, 2.45) is 0 Å². The van der Waals surface area contributed by atoms with Gasteiger partial charge in [-0.15, -0.1) is 0 Å². The molecule has 6 heteroatoms. The molecular formula is C21H17FN4O. The fourth-order valence-electron chi connectivity index (χ4n) is 2.82. The van der Waals surface area contributed by atoms with Crippen LogP contribution in [-0.2, 0) is 6.61 Å². The molecule has 0 atom stereocenters. The van der Waals surface area contributed by atoms with E-state index in [1.165, 1.54) is 12.4 Å². The van der Waals surface area contributed by atoms with E-state index in [-0.39, 0.29) is 5.82 Å². The summed E-state index contributed by atoms with van der Waals surface area (Å²) in [5.74, 6) is 0.840. The highest BCUT2D eigenvalue weighted by atomic mass is 19.1. The first-order valence-corrected chi connectivity index (χ1v) is 8.50. The highest BCUT2D eigenvalue weighted by molar-refractivity contribution is 5.91. The van der Waals surface area contributed by atoms with E-state index in [4.69, 9.17) is 4.74 Å². The molecule has 2 aromatic carbocycles. The number of aromatic nitrogens is 3. The van der Waals surface area contributed by atoms with Crippen LogP contribution in [0, 0.1) is 12.7 Å². The molecule has 134 valence electrons. The van der Waals surface area contributed by atoms with Crippen molar-refractivity contribution < 1.29 is 9.13 Å². The SMILES string of the molecule is Cc1cc(Nc2ncnc3cccc(F)c23)ccc1OCc1ccccn1. The van der Waals surface area contributed by atoms with Gasteiger partial charge in [0, 0.05) is 11.9 Å². The third kappa shape index (κ3) is 3.69. The van der Waals surface area contributed by atoms with Crippen molar-refractivity contribution in [2.45, 2.75) is 13.5 Å². The monoisotopic (exact) mass is 360 g/mol. The third-order valence-corrected chi connectivity index (χ3v) is 4.15. The zero-order chi connectivity index (χ0) is 18.6. The molecular weight excluding hydrogens is 343 g/mol. The zero-order valence-corrected chi connectivity index (χ0v) is 14.7. The molecule has 0 unspecified atom stereocenters. The topological polar surface area (TPSA) is 59.9 Å². The number of ether oxygens (including phenoxy) is 1. The van der Waals surface area contributed by atoms with Gasteiger partial charge in [0.1, 0.15) is 30.3 Å². The van der Waals surface area contributed by atoms with Gasteiger partial charge >= 0.3 is 0 Å². The number of rotatable bonds is 5. The summed E-state index contributed by atoms with van der Waals surface area (Å²) in [7, 11) is 0. The summed E-state index contributed by atoms with van der Waals surface area (Å²) < 4.78 is 20.1. The average molecular weight is 360 g/mol. The normalized spacial score (nSPS) is 10.7. The van der Waals surface area contributed by atoms with E-state index in [0.29, 0.717) is 23.3 Å². The van der Waals surface area contributed by atoms with Crippen LogP contribution >= 0.6 is 0 Å². The van der Waals surface area contributed by atoms with Gasteiger partial charge in [-0.1, -0.05) is 12.1 Å². The van der Waals surface area contributed by atoms with E-state index in [9.17, 15) is 4.39 Å². The molecule has 0 aliphatic heterocycles. The summed E-state index contributed by atoms with van der Waals surface area (Å²) in [5.41, 5.74) is 3.16. The van der Waals surface area contributed by atoms with Gasteiger partial charge in [-0.05, 0) is 55.0 Å².